The third-order valence-corrected chi connectivity index (χ3v) is 4.45. The van der Waals surface area contributed by atoms with Crippen molar-refractivity contribution in [1.82, 2.24) is 10.2 Å². The number of piperidine rings is 1. The van der Waals surface area contributed by atoms with Crippen molar-refractivity contribution in [3.63, 3.8) is 0 Å². The van der Waals surface area contributed by atoms with Crippen molar-refractivity contribution < 1.29 is 0 Å². The molecule has 0 bridgehead atoms. The predicted octanol–water partition coefficient (Wildman–Crippen LogP) is 3.40. The molecule has 0 radical (unpaired) electrons. The fourth-order valence-electron chi connectivity index (χ4n) is 2.67. The second kappa shape index (κ2) is 8.35. The molecule has 0 atom stereocenters. The van der Waals surface area contributed by atoms with E-state index in [9.17, 15) is 0 Å². The van der Waals surface area contributed by atoms with Gasteiger partial charge >= 0.3 is 0 Å². The van der Waals surface area contributed by atoms with E-state index in [1.807, 2.05) is 12.1 Å². The van der Waals surface area contributed by atoms with Crippen LogP contribution in [0.4, 0.5) is 5.69 Å². The average molecular weight is 305 g/mol. The summed E-state index contributed by atoms with van der Waals surface area (Å²) in [6, 6.07) is 8.20. The van der Waals surface area contributed by atoms with E-state index in [4.69, 9.17) is 12.2 Å². The molecular formula is C17H27N3S. The predicted molar refractivity (Wildman–Crippen MR) is 94.9 cm³/mol. The SMILES string of the molecule is Cc1ccccc1NC(=S)NCCCN1CCC(C)CC1. The van der Waals surface area contributed by atoms with Crippen LogP contribution in [0, 0.1) is 12.8 Å². The highest BCUT2D eigenvalue weighted by Gasteiger charge is 2.14. The molecule has 0 spiro atoms. The van der Waals surface area contributed by atoms with Gasteiger partial charge in [0.1, 0.15) is 0 Å². The summed E-state index contributed by atoms with van der Waals surface area (Å²) in [5, 5.41) is 7.28. The van der Waals surface area contributed by atoms with Gasteiger partial charge in [-0.2, -0.15) is 0 Å². The van der Waals surface area contributed by atoms with Gasteiger partial charge < -0.3 is 15.5 Å². The topological polar surface area (TPSA) is 27.3 Å². The summed E-state index contributed by atoms with van der Waals surface area (Å²) in [4.78, 5) is 2.57. The molecule has 1 fully saturated rings. The zero-order chi connectivity index (χ0) is 15.1. The third kappa shape index (κ3) is 5.64. The van der Waals surface area contributed by atoms with Gasteiger partial charge in [0, 0.05) is 12.2 Å². The van der Waals surface area contributed by atoms with Crippen molar-refractivity contribution in [3.8, 4) is 0 Å². The van der Waals surface area contributed by atoms with Gasteiger partial charge in [0.15, 0.2) is 5.11 Å². The molecule has 1 saturated heterocycles. The number of nitrogens with zero attached hydrogens (tertiary/aromatic N) is 1. The smallest absolute Gasteiger partial charge is 0.170 e. The Labute approximate surface area is 134 Å². The first kappa shape index (κ1) is 16.2. The Balaban J connectivity index is 1.60. The Morgan fingerprint density at radius 1 is 1.29 bits per heavy atom. The Morgan fingerprint density at radius 3 is 2.71 bits per heavy atom. The monoisotopic (exact) mass is 305 g/mol. The molecule has 1 aliphatic heterocycles. The molecule has 0 unspecified atom stereocenters. The lowest BCUT2D eigenvalue weighted by molar-refractivity contribution is 0.191. The van der Waals surface area contributed by atoms with Crippen LogP contribution in [-0.2, 0) is 0 Å². The molecule has 2 rings (SSSR count). The molecule has 1 aromatic rings. The van der Waals surface area contributed by atoms with Crippen LogP contribution in [0.2, 0.25) is 0 Å². The summed E-state index contributed by atoms with van der Waals surface area (Å²) < 4.78 is 0. The van der Waals surface area contributed by atoms with Crippen LogP contribution in [0.5, 0.6) is 0 Å². The molecule has 0 saturated carbocycles. The molecule has 1 aromatic carbocycles. The van der Waals surface area contributed by atoms with Crippen LogP contribution in [-0.4, -0.2) is 36.2 Å². The van der Waals surface area contributed by atoms with Crippen LogP contribution in [0.15, 0.2) is 24.3 Å². The highest BCUT2D eigenvalue weighted by molar-refractivity contribution is 7.80. The Hall–Kier alpha value is -1.13. The molecule has 4 heteroatoms. The van der Waals surface area contributed by atoms with Crippen molar-refractivity contribution in [3.05, 3.63) is 29.8 Å². The van der Waals surface area contributed by atoms with Crippen molar-refractivity contribution in [2.24, 2.45) is 5.92 Å². The number of rotatable bonds is 5. The van der Waals surface area contributed by atoms with Gasteiger partial charge in [-0.25, -0.2) is 0 Å². The van der Waals surface area contributed by atoms with Crippen LogP contribution >= 0.6 is 12.2 Å². The fourth-order valence-corrected chi connectivity index (χ4v) is 2.88. The summed E-state index contributed by atoms with van der Waals surface area (Å²) in [6.45, 7) is 9.06. The van der Waals surface area contributed by atoms with Gasteiger partial charge in [-0.3, -0.25) is 0 Å². The van der Waals surface area contributed by atoms with E-state index < -0.39 is 0 Å². The summed E-state index contributed by atoms with van der Waals surface area (Å²) in [5.74, 6) is 0.908. The first-order valence-corrected chi connectivity index (χ1v) is 8.39. The van der Waals surface area contributed by atoms with Crippen LogP contribution < -0.4 is 10.6 Å². The zero-order valence-electron chi connectivity index (χ0n) is 13.2. The van der Waals surface area contributed by atoms with Crippen molar-refractivity contribution in [2.75, 3.05) is 31.5 Å². The second-order valence-electron chi connectivity index (χ2n) is 6.07. The van der Waals surface area contributed by atoms with Gasteiger partial charge in [-0.05, 0) is 75.6 Å². The summed E-state index contributed by atoms with van der Waals surface area (Å²) in [6.07, 6.45) is 3.84. The number of likely N-dealkylation sites (tertiary alicyclic amines) is 1. The maximum atomic E-state index is 5.35. The minimum atomic E-state index is 0.719. The maximum Gasteiger partial charge on any atom is 0.170 e. The summed E-state index contributed by atoms with van der Waals surface area (Å²) >= 11 is 5.35. The van der Waals surface area contributed by atoms with E-state index >= 15 is 0 Å². The van der Waals surface area contributed by atoms with E-state index in [1.54, 1.807) is 0 Å². The Bertz CT molecular complexity index is 453. The summed E-state index contributed by atoms with van der Waals surface area (Å²) in [7, 11) is 0. The highest BCUT2D eigenvalue weighted by atomic mass is 32.1. The van der Waals surface area contributed by atoms with E-state index in [1.165, 1.54) is 38.0 Å². The van der Waals surface area contributed by atoms with Crippen molar-refractivity contribution in [1.29, 1.82) is 0 Å². The number of anilines is 1. The third-order valence-electron chi connectivity index (χ3n) is 4.21. The number of aryl methyl sites for hydroxylation is 1. The van der Waals surface area contributed by atoms with E-state index in [0.717, 1.165) is 29.7 Å². The van der Waals surface area contributed by atoms with Crippen molar-refractivity contribution >= 4 is 23.0 Å². The molecule has 116 valence electrons. The van der Waals surface area contributed by atoms with Crippen LogP contribution in [0.3, 0.4) is 0 Å². The average Bonchev–Trinajstić information content (AvgIpc) is 2.48. The van der Waals surface area contributed by atoms with Gasteiger partial charge in [-0.15, -0.1) is 0 Å². The number of para-hydroxylation sites is 1. The standard InChI is InChI=1S/C17H27N3S/c1-14-8-12-20(13-9-14)11-5-10-18-17(21)19-16-7-4-3-6-15(16)2/h3-4,6-7,14H,5,8-13H2,1-2H3,(H2,18,19,21). The quantitative estimate of drug-likeness (QED) is 0.644. The molecular weight excluding hydrogens is 278 g/mol. The lowest BCUT2D eigenvalue weighted by Crippen LogP contribution is -2.36. The molecule has 21 heavy (non-hydrogen) atoms. The molecule has 2 N–H and O–H groups in total. The Morgan fingerprint density at radius 2 is 2.00 bits per heavy atom. The lowest BCUT2D eigenvalue weighted by atomic mass is 9.99. The minimum Gasteiger partial charge on any atom is -0.362 e. The zero-order valence-corrected chi connectivity index (χ0v) is 14.0. The number of thiocarbonyl (C=S) groups is 1. The molecule has 0 aromatic heterocycles. The molecule has 0 aliphatic carbocycles. The first-order valence-electron chi connectivity index (χ1n) is 7.98. The van der Waals surface area contributed by atoms with Gasteiger partial charge in [0.05, 0.1) is 0 Å². The van der Waals surface area contributed by atoms with Gasteiger partial charge in [0.25, 0.3) is 0 Å². The lowest BCUT2D eigenvalue weighted by Gasteiger charge is -2.30. The molecule has 1 heterocycles. The number of hydrogen-bond acceptors (Lipinski definition) is 2. The van der Waals surface area contributed by atoms with Crippen molar-refractivity contribution in [2.45, 2.75) is 33.1 Å². The van der Waals surface area contributed by atoms with E-state index in [0.29, 0.717) is 0 Å². The largest absolute Gasteiger partial charge is 0.362 e. The number of hydrogen-bond donors (Lipinski definition) is 2. The van der Waals surface area contributed by atoms with Crippen LogP contribution in [0.25, 0.3) is 0 Å². The summed E-state index contributed by atoms with van der Waals surface area (Å²) in [5.41, 5.74) is 2.30. The fraction of sp³-hybridized carbons (Fsp3) is 0.588. The van der Waals surface area contributed by atoms with E-state index in [2.05, 4.69) is 41.5 Å². The normalized spacial score (nSPS) is 16.7. The van der Waals surface area contributed by atoms with Crippen LogP contribution in [0.1, 0.15) is 31.7 Å². The van der Waals surface area contributed by atoms with Gasteiger partial charge in [0.2, 0.25) is 0 Å². The highest BCUT2D eigenvalue weighted by Crippen LogP contribution is 2.15. The minimum absolute atomic E-state index is 0.719. The number of nitrogens with one attached hydrogen (secondary N) is 2. The molecule has 0 amide bonds. The molecule has 1 aliphatic rings. The molecule has 3 nitrogen and oxygen atoms in total. The van der Waals surface area contributed by atoms with E-state index in [-0.39, 0.29) is 0 Å². The number of benzene rings is 1. The maximum absolute atomic E-state index is 5.35. The second-order valence-corrected chi connectivity index (χ2v) is 6.48. The Kier molecular flexibility index (Phi) is 6.46. The van der Waals surface area contributed by atoms with Gasteiger partial charge in [-0.1, -0.05) is 25.1 Å². The first-order chi connectivity index (χ1) is 10.1.